The van der Waals surface area contributed by atoms with Crippen LogP contribution in [0.25, 0.3) is 22.2 Å². The van der Waals surface area contributed by atoms with E-state index in [0.717, 1.165) is 33.3 Å². The van der Waals surface area contributed by atoms with Gasteiger partial charge in [-0.25, -0.2) is 4.98 Å². The van der Waals surface area contributed by atoms with Crippen molar-refractivity contribution < 1.29 is 4.74 Å². The van der Waals surface area contributed by atoms with Gasteiger partial charge >= 0.3 is 6.01 Å². The third-order valence-corrected chi connectivity index (χ3v) is 4.48. The Bertz CT molecular complexity index is 1130. The summed E-state index contributed by atoms with van der Waals surface area (Å²) >= 11 is 0. The number of ether oxygens (including phenoxy) is 1. The number of benzene rings is 1. The van der Waals surface area contributed by atoms with E-state index < -0.39 is 0 Å². The molecule has 3 aromatic heterocycles. The van der Waals surface area contributed by atoms with Crippen LogP contribution in [0.3, 0.4) is 0 Å². The van der Waals surface area contributed by atoms with Crippen LogP contribution >= 0.6 is 0 Å². The van der Waals surface area contributed by atoms with Gasteiger partial charge in [0.2, 0.25) is 5.95 Å². The number of nitrogens with two attached hydrogens (primary N) is 1. The standard InChI is InChI=1S/C21H20N6O/c1-12-6-4-7-15-10-17(13(2)28-21-25-14(3)24-20(22)27-21)19(26-18(12)15)16-8-5-9-23-11-16/h4-11,13H,1-3H3,(H2,22,24,25,27)/t13-/m0/s1. The van der Waals surface area contributed by atoms with E-state index in [1.54, 1.807) is 19.3 Å². The predicted molar refractivity (Wildman–Crippen MR) is 108 cm³/mol. The molecule has 0 fully saturated rings. The number of para-hydroxylation sites is 1. The van der Waals surface area contributed by atoms with Crippen molar-refractivity contribution in [2.75, 3.05) is 5.73 Å². The highest BCUT2D eigenvalue weighted by Gasteiger charge is 2.19. The van der Waals surface area contributed by atoms with E-state index in [4.69, 9.17) is 15.5 Å². The zero-order valence-electron chi connectivity index (χ0n) is 15.9. The third kappa shape index (κ3) is 3.46. The maximum Gasteiger partial charge on any atom is 0.322 e. The fraction of sp³-hybridized carbons (Fsp3) is 0.190. The molecule has 4 rings (SSSR count). The SMILES string of the molecule is Cc1nc(N)nc(O[C@@H](C)c2cc3cccc(C)c3nc2-c2cccnc2)n1. The van der Waals surface area contributed by atoms with Crippen LogP contribution in [0.2, 0.25) is 0 Å². The first-order valence-electron chi connectivity index (χ1n) is 8.97. The Labute approximate surface area is 162 Å². The number of aryl methyl sites for hydroxylation is 2. The van der Waals surface area contributed by atoms with Crippen LogP contribution in [0.5, 0.6) is 6.01 Å². The van der Waals surface area contributed by atoms with Crippen molar-refractivity contribution in [3.05, 3.63) is 65.7 Å². The molecule has 0 radical (unpaired) electrons. The highest BCUT2D eigenvalue weighted by molar-refractivity contribution is 5.85. The summed E-state index contributed by atoms with van der Waals surface area (Å²) in [6, 6.07) is 12.3. The minimum atomic E-state index is -0.353. The molecule has 0 saturated heterocycles. The number of pyridine rings is 2. The maximum absolute atomic E-state index is 6.00. The van der Waals surface area contributed by atoms with Crippen LogP contribution in [0.4, 0.5) is 5.95 Å². The van der Waals surface area contributed by atoms with Crippen molar-refractivity contribution in [2.24, 2.45) is 0 Å². The molecule has 28 heavy (non-hydrogen) atoms. The number of rotatable bonds is 4. The molecule has 0 amide bonds. The smallest absolute Gasteiger partial charge is 0.322 e. The monoisotopic (exact) mass is 372 g/mol. The van der Waals surface area contributed by atoms with E-state index in [0.29, 0.717) is 5.82 Å². The van der Waals surface area contributed by atoms with Crippen LogP contribution in [0.1, 0.15) is 30.0 Å². The second-order valence-corrected chi connectivity index (χ2v) is 6.60. The van der Waals surface area contributed by atoms with Crippen LogP contribution in [-0.4, -0.2) is 24.9 Å². The zero-order chi connectivity index (χ0) is 19.7. The number of nitrogens with zero attached hydrogens (tertiary/aromatic N) is 5. The largest absolute Gasteiger partial charge is 0.455 e. The molecule has 7 nitrogen and oxygen atoms in total. The second-order valence-electron chi connectivity index (χ2n) is 6.60. The predicted octanol–water partition coefficient (Wildman–Crippen LogP) is 3.82. The Balaban J connectivity index is 1.84. The minimum absolute atomic E-state index is 0.134. The van der Waals surface area contributed by atoms with Crippen molar-refractivity contribution in [1.82, 2.24) is 24.9 Å². The van der Waals surface area contributed by atoms with Gasteiger partial charge in [-0.2, -0.15) is 15.0 Å². The number of fused-ring (bicyclic) bond motifs is 1. The number of anilines is 1. The lowest BCUT2D eigenvalue weighted by Crippen LogP contribution is -2.11. The first kappa shape index (κ1) is 17.8. The van der Waals surface area contributed by atoms with Gasteiger partial charge in [-0.15, -0.1) is 0 Å². The molecule has 3 heterocycles. The third-order valence-electron chi connectivity index (χ3n) is 4.48. The van der Waals surface area contributed by atoms with Gasteiger partial charge < -0.3 is 10.5 Å². The van der Waals surface area contributed by atoms with Gasteiger partial charge in [0, 0.05) is 28.9 Å². The second kappa shape index (κ2) is 7.19. The lowest BCUT2D eigenvalue weighted by Gasteiger charge is -2.18. The summed E-state index contributed by atoms with van der Waals surface area (Å²) in [5.74, 6) is 0.642. The van der Waals surface area contributed by atoms with Gasteiger partial charge in [0.15, 0.2) is 0 Å². The summed E-state index contributed by atoms with van der Waals surface area (Å²) in [4.78, 5) is 21.5. The highest BCUT2D eigenvalue weighted by atomic mass is 16.5. The first-order chi connectivity index (χ1) is 13.5. The normalized spacial score (nSPS) is 12.1. The Morgan fingerprint density at radius 2 is 1.86 bits per heavy atom. The van der Waals surface area contributed by atoms with Crippen molar-refractivity contribution in [3.63, 3.8) is 0 Å². The van der Waals surface area contributed by atoms with Crippen molar-refractivity contribution >= 4 is 16.9 Å². The minimum Gasteiger partial charge on any atom is -0.455 e. The molecular weight excluding hydrogens is 352 g/mol. The zero-order valence-corrected chi connectivity index (χ0v) is 15.9. The van der Waals surface area contributed by atoms with E-state index in [2.05, 4.69) is 39.0 Å². The highest BCUT2D eigenvalue weighted by Crippen LogP contribution is 2.32. The van der Waals surface area contributed by atoms with Crippen LogP contribution in [0, 0.1) is 13.8 Å². The molecule has 0 aliphatic rings. The summed E-state index contributed by atoms with van der Waals surface area (Å²) in [6.45, 7) is 5.74. The number of hydrogen-bond donors (Lipinski definition) is 1. The molecule has 2 N–H and O–H groups in total. The Hall–Kier alpha value is -3.61. The lowest BCUT2D eigenvalue weighted by atomic mass is 10.00. The van der Waals surface area contributed by atoms with Crippen molar-refractivity contribution in [2.45, 2.75) is 26.9 Å². The van der Waals surface area contributed by atoms with E-state index in [1.807, 2.05) is 31.2 Å². The van der Waals surface area contributed by atoms with E-state index in [-0.39, 0.29) is 18.1 Å². The van der Waals surface area contributed by atoms with Crippen molar-refractivity contribution in [3.8, 4) is 17.3 Å². The van der Waals surface area contributed by atoms with E-state index in [9.17, 15) is 0 Å². The molecule has 0 bridgehead atoms. The summed E-state index contributed by atoms with van der Waals surface area (Å²) < 4.78 is 6.00. The molecule has 1 aromatic carbocycles. The number of hydrogen-bond acceptors (Lipinski definition) is 7. The quantitative estimate of drug-likeness (QED) is 0.581. The van der Waals surface area contributed by atoms with Crippen LogP contribution in [0.15, 0.2) is 48.8 Å². The summed E-state index contributed by atoms with van der Waals surface area (Å²) in [5.41, 5.74) is 10.5. The molecule has 4 aromatic rings. The number of aromatic nitrogens is 5. The van der Waals surface area contributed by atoms with E-state index >= 15 is 0 Å². The van der Waals surface area contributed by atoms with Gasteiger partial charge in [0.05, 0.1) is 11.2 Å². The van der Waals surface area contributed by atoms with Crippen molar-refractivity contribution in [1.29, 1.82) is 0 Å². The van der Waals surface area contributed by atoms with Gasteiger partial charge in [-0.1, -0.05) is 18.2 Å². The van der Waals surface area contributed by atoms with Gasteiger partial charge in [0.1, 0.15) is 11.9 Å². The summed E-state index contributed by atoms with van der Waals surface area (Å²) in [6.07, 6.45) is 3.19. The Morgan fingerprint density at radius 1 is 1.00 bits per heavy atom. The van der Waals surface area contributed by atoms with Gasteiger partial charge in [-0.3, -0.25) is 4.98 Å². The molecule has 0 aliphatic heterocycles. The average molecular weight is 372 g/mol. The molecule has 0 aliphatic carbocycles. The first-order valence-corrected chi connectivity index (χ1v) is 8.97. The average Bonchev–Trinajstić information content (AvgIpc) is 2.67. The van der Waals surface area contributed by atoms with E-state index in [1.165, 1.54) is 0 Å². The van der Waals surface area contributed by atoms with Crippen LogP contribution in [-0.2, 0) is 0 Å². The maximum atomic E-state index is 6.00. The Morgan fingerprint density at radius 3 is 2.61 bits per heavy atom. The molecule has 0 spiro atoms. The molecule has 0 unspecified atom stereocenters. The summed E-state index contributed by atoms with van der Waals surface area (Å²) in [7, 11) is 0. The molecule has 140 valence electrons. The van der Waals surface area contributed by atoms with Gasteiger partial charge in [-0.05, 0) is 44.5 Å². The molecule has 7 heteroatoms. The van der Waals surface area contributed by atoms with Crippen LogP contribution < -0.4 is 10.5 Å². The summed E-state index contributed by atoms with van der Waals surface area (Å²) in [5, 5.41) is 1.05. The molecule has 0 saturated carbocycles. The fourth-order valence-electron chi connectivity index (χ4n) is 3.16. The lowest BCUT2D eigenvalue weighted by molar-refractivity contribution is 0.207. The molecular formula is C21H20N6O. The number of nitrogen functional groups attached to an aromatic ring is 1. The van der Waals surface area contributed by atoms with Gasteiger partial charge in [0.25, 0.3) is 0 Å². The fourth-order valence-corrected chi connectivity index (χ4v) is 3.16. The molecule has 1 atom stereocenters. The topological polar surface area (TPSA) is 99.7 Å². The Kier molecular flexibility index (Phi) is 4.57.